The van der Waals surface area contributed by atoms with Crippen molar-refractivity contribution < 1.29 is 28.5 Å². The first-order valence-electron chi connectivity index (χ1n) is 14.0. The normalized spacial score (nSPS) is 22.2. The van der Waals surface area contributed by atoms with Crippen LogP contribution in [0.3, 0.4) is 0 Å². The van der Waals surface area contributed by atoms with Gasteiger partial charge in [0.05, 0.1) is 30.9 Å². The maximum atomic E-state index is 13.0. The van der Waals surface area contributed by atoms with Crippen molar-refractivity contribution in [2.75, 3.05) is 19.8 Å². The van der Waals surface area contributed by atoms with E-state index >= 15 is 0 Å². The average molecular weight is 531 g/mol. The van der Waals surface area contributed by atoms with Crippen molar-refractivity contribution >= 4 is 22.7 Å². The van der Waals surface area contributed by atoms with Crippen LogP contribution in [0.15, 0.2) is 60.7 Å². The summed E-state index contributed by atoms with van der Waals surface area (Å²) in [7, 11) is 0. The van der Waals surface area contributed by atoms with Crippen molar-refractivity contribution in [3.63, 3.8) is 0 Å². The maximum absolute atomic E-state index is 13.0. The van der Waals surface area contributed by atoms with Crippen molar-refractivity contribution in [2.24, 2.45) is 23.2 Å². The molecule has 5 rings (SSSR count). The Balaban J connectivity index is 1.21. The molecule has 6 nitrogen and oxygen atoms in total. The number of esters is 2. The predicted molar refractivity (Wildman–Crippen MR) is 150 cm³/mol. The van der Waals surface area contributed by atoms with Gasteiger partial charge in [-0.3, -0.25) is 0 Å². The van der Waals surface area contributed by atoms with Gasteiger partial charge in [0, 0.05) is 5.41 Å². The van der Waals surface area contributed by atoms with Crippen LogP contribution in [0.1, 0.15) is 67.7 Å². The molecule has 3 aromatic rings. The Bertz CT molecular complexity index is 1320. The van der Waals surface area contributed by atoms with Gasteiger partial charge in [-0.05, 0) is 89.9 Å². The molecule has 6 heteroatoms. The molecule has 3 aromatic carbocycles. The minimum atomic E-state index is -0.443. The van der Waals surface area contributed by atoms with Crippen LogP contribution in [0.5, 0.6) is 11.5 Å². The summed E-state index contributed by atoms with van der Waals surface area (Å²) in [5, 5.41) is 1.76. The Hall–Kier alpha value is -3.38. The number of rotatable bonds is 8. The van der Waals surface area contributed by atoms with Crippen LogP contribution in [-0.4, -0.2) is 37.9 Å². The van der Waals surface area contributed by atoms with Crippen molar-refractivity contribution in [1.82, 2.24) is 0 Å². The summed E-state index contributed by atoms with van der Waals surface area (Å²) in [6.45, 7) is 10.7. The van der Waals surface area contributed by atoms with E-state index in [9.17, 15) is 9.59 Å². The summed E-state index contributed by atoms with van der Waals surface area (Å²) < 4.78 is 22.7. The van der Waals surface area contributed by atoms with Gasteiger partial charge in [-0.1, -0.05) is 46.2 Å². The van der Waals surface area contributed by atoms with E-state index < -0.39 is 5.97 Å². The largest absolute Gasteiger partial charge is 0.493 e. The molecule has 0 N–H and O–H groups in total. The maximum Gasteiger partial charge on any atom is 0.343 e. The third-order valence-electron chi connectivity index (χ3n) is 8.06. The number of hydrogen-bond acceptors (Lipinski definition) is 6. The lowest BCUT2D eigenvalue weighted by Gasteiger charge is -2.37. The lowest BCUT2D eigenvalue weighted by Crippen LogP contribution is -2.44. The van der Waals surface area contributed by atoms with Crippen LogP contribution in [0.2, 0.25) is 0 Å². The minimum Gasteiger partial charge on any atom is -0.493 e. The molecule has 3 atom stereocenters. The predicted octanol–water partition coefficient (Wildman–Crippen LogP) is 7.09. The highest BCUT2D eigenvalue weighted by Gasteiger charge is 2.35. The fraction of sp³-hybridized carbons (Fsp3) is 0.455. The zero-order valence-corrected chi connectivity index (χ0v) is 23.3. The molecule has 2 aliphatic rings. The summed E-state index contributed by atoms with van der Waals surface area (Å²) in [5.41, 5.74) is 1.03. The van der Waals surface area contributed by atoms with Crippen molar-refractivity contribution in [2.45, 2.75) is 53.1 Å². The van der Waals surface area contributed by atoms with E-state index in [1.165, 1.54) is 6.42 Å². The second-order valence-corrected chi connectivity index (χ2v) is 12.0. The van der Waals surface area contributed by atoms with E-state index in [0.717, 1.165) is 23.6 Å². The van der Waals surface area contributed by atoms with E-state index in [-0.39, 0.29) is 17.5 Å². The highest BCUT2D eigenvalue weighted by Crippen LogP contribution is 2.36. The Kier molecular flexibility index (Phi) is 7.94. The summed E-state index contributed by atoms with van der Waals surface area (Å²) in [6, 6.07) is 17.8. The van der Waals surface area contributed by atoms with Gasteiger partial charge in [0.25, 0.3) is 0 Å². The monoisotopic (exact) mass is 530 g/mol. The van der Waals surface area contributed by atoms with E-state index in [4.69, 9.17) is 18.9 Å². The van der Waals surface area contributed by atoms with Gasteiger partial charge in [0.15, 0.2) is 0 Å². The van der Waals surface area contributed by atoms with Crippen LogP contribution in [0.25, 0.3) is 10.8 Å². The van der Waals surface area contributed by atoms with Crippen LogP contribution in [0.4, 0.5) is 0 Å². The summed E-state index contributed by atoms with van der Waals surface area (Å²) in [5.74, 6) is 1.88. The molecule has 1 saturated heterocycles. The zero-order chi connectivity index (χ0) is 27.6. The number of carbonyl (C=O) groups is 2. The van der Waals surface area contributed by atoms with Gasteiger partial charge in [-0.25, -0.2) is 9.59 Å². The fourth-order valence-electron chi connectivity index (χ4n) is 5.51. The zero-order valence-electron chi connectivity index (χ0n) is 23.3. The molecule has 0 amide bonds. The second-order valence-electron chi connectivity index (χ2n) is 12.0. The average Bonchev–Trinajstić information content (AvgIpc) is 2.90. The number of benzene rings is 3. The van der Waals surface area contributed by atoms with E-state index in [1.807, 2.05) is 18.2 Å². The molecule has 39 heavy (non-hydrogen) atoms. The lowest BCUT2D eigenvalue weighted by molar-refractivity contribution is -0.120. The summed E-state index contributed by atoms with van der Waals surface area (Å²) in [6.07, 6.45) is 3.17. The van der Waals surface area contributed by atoms with E-state index in [1.54, 1.807) is 42.5 Å². The Morgan fingerprint density at radius 1 is 0.897 bits per heavy atom. The number of fused-ring (bicyclic) bond motifs is 1. The van der Waals surface area contributed by atoms with Crippen molar-refractivity contribution in [3.8, 4) is 11.5 Å². The van der Waals surface area contributed by atoms with Crippen LogP contribution in [-0.2, 0) is 9.47 Å². The highest BCUT2D eigenvalue weighted by atomic mass is 16.5. The Morgan fingerprint density at radius 3 is 2.26 bits per heavy atom. The highest BCUT2D eigenvalue weighted by molar-refractivity contribution is 5.96. The number of carbonyl (C=O) groups excluding carboxylic acids is 2. The van der Waals surface area contributed by atoms with Gasteiger partial charge in [-0.2, -0.15) is 0 Å². The first kappa shape index (κ1) is 27.2. The Morgan fingerprint density at radius 2 is 1.56 bits per heavy atom. The Labute approximate surface area is 230 Å². The molecule has 1 saturated carbocycles. The topological polar surface area (TPSA) is 71.1 Å². The smallest absolute Gasteiger partial charge is 0.343 e. The van der Waals surface area contributed by atoms with Crippen LogP contribution in [0, 0.1) is 23.2 Å². The number of ether oxygens (including phenoxy) is 4. The van der Waals surface area contributed by atoms with Gasteiger partial charge in [0.2, 0.25) is 0 Å². The molecule has 0 aromatic heterocycles. The molecular formula is C33H38O6. The van der Waals surface area contributed by atoms with E-state index in [0.29, 0.717) is 60.2 Å². The molecular weight excluding hydrogens is 492 g/mol. The first-order chi connectivity index (χ1) is 18.7. The molecule has 1 aliphatic heterocycles. The molecule has 0 radical (unpaired) electrons. The molecule has 1 heterocycles. The third kappa shape index (κ3) is 6.44. The lowest BCUT2D eigenvalue weighted by atomic mass is 9.75. The third-order valence-corrected chi connectivity index (χ3v) is 8.06. The standard InChI is InChI=1S/C33H38O6/c1-21(2)29-14-5-22(3)15-30(29)39-32(35)26-7-6-25-17-28(13-10-24(25)16-26)38-31(34)23-8-11-27(12-9-23)37-20-33(4)18-36-19-33/h6-13,16-17,21-22,29-30H,5,14-15,18-20H2,1-4H3. The SMILES string of the molecule is CC1CCC(C(C)C)C(OC(=O)c2ccc3cc(OC(=O)c4ccc(OCC5(C)COC5)cc4)ccc3c2)C1. The second kappa shape index (κ2) is 11.4. The van der Waals surface area contributed by atoms with Gasteiger partial charge < -0.3 is 18.9 Å². The van der Waals surface area contributed by atoms with Crippen LogP contribution >= 0.6 is 0 Å². The van der Waals surface area contributed by atoms with Gasteiger partial charge >= 0.3 is 11.9 Å². The molecule has 206 valence electrons. The summed E-state index contributed by atoms with van der Waals surface area (Å²) in [4.78, 5) is 25.8. The van der Waals surface area contributed by atoms with Gasteiger partial charge in [0.1, 0.15) is 17.6 Å². The molecule has 1 aliphatic carbocycles. The summed E-state index contributed by atoms with van der Waals surface area (Å²) >= 11 is 0. The molecule has 0 spiro atoms. The molecule has 3 unspecified atom stereocenters. The number of hydrogen-bond donors (Lipinski definition) is 0. The molecule has 0 bridgehead atoms. The molecule has 2 fully saturated rings. The minimum absolute atomic E-state index is 0.0417. The van der Waals surface area contributed by atoms with Crippen molar-refractivity contribution in [3.05, 3.63) is 71.8 Å². The van der Waals surface area contributed by atoms with E-state index in [2.05, 4.69) is 27.7 Å². The van der Waals surface area contributed by atoms with Crippen LogP contribution < -0.4 is 9.47 Å². The fourth-order valence-corrected chi connectivity index (χ4v) is 5.51. The van der Waals surface area contributed by atoms with Gasteiger partial charge in [-0.15, -0.1) is 0 Å². The van der Waals surface area contributed by atoms with Crippen molar-refractivity contribution in [1.29, 1.82) is 0 Å². The first-order valence-corrected chi connectivity index (χ1v) is 14.0. The quantitative estimate of drug-likeness (QED) is 0.229.